The van der Waals surface area contributed by atoms with Crippen LogP contribution in [0.2, 0.25) is 0 Å². The van der Waals surface area contributed by atoms with Gasteiger partial charge in [0, 0.05) is 23.3 Å². The summed E-state index contributed by atoms with van der Waals surface area (Å²) in [6.07, 6.45) is 4.02. The number of carboxylic acids is 1. The zero-order valence-electron chi connectivity index (χ0n) is 11.7. The van der Waals surface area contributed by atoms with E-state index in [1.807, 2.05) is 24.6 Å². The fourth-order valence-corrected chi connectivity index (χ4v) is 2.64. The molecular weight excluding hydrogens is 324 g/mol. The van der Waals surface area contributed by atoms with Crippen molar-refractivity contribution < 1.29 is 14.7 Å². The first-order valence-corrected chi connectivity index (χ1v) is 7.56. The molecule has 6 heteroatoms. The van der Waals surface area contributed by atoms with Gasteiger partial charge in [0.25, 0.3) is 5.91 Å². The smallest absolute Gasteiger partial charge is 0.323 e. The number of aromatic nitrogens is 1. The predicted molar refractivity (Wildman–Crippen MR) is 78.8 cm³/mol. The molecule has 1 aliphatic carbocycles. The molecule has 0 unspecified atom stereocenters. The van der Waals surface area contributed by atoms with Crippen LogP contribution in [0.25, 0.3) is 0 Å². The normalized spacial score (nSPS) is 14.6. The Morgan fingerprint density at radius 3 is 2.65 bits per heavy atom. The van der Waals surface area contributed by atoms with E-state index >= 15 is 0 Å². The fourth-order valence-electron chi connectivity index (χ4n) is 2.20. The molecule has 1 N–H and O–H groups in total. The molecule has 0 saturated heterocycles. The van der Waals surface area contributed by atoms with Gasteiger partial charge in [-0.15, -0.1) is 0 Å². The van der Waals surface area contributed by atoms with Crippen molar-refractivity contribution >= 4 is 27.8 Å². The Morgan fingerprint density at radius 1 is 1.50 bits per heavy atom. The van der Waals surface area contributed by atoms with E-state index in [1.165, 1.54) is 4.90 Å². The van der Waals surface area contributed by atoms with Crippen molar-refractivity contribution in [2.24, 2.45) is 5.92 Å². The summed E-state index contributed by atoms with van der Waals surface area (Å²) in [6, 6.07) is 1.90. The number of hydrogen-bond donors (Lipinski definition) is 1. The van der Waals surface area contributed by atoms with Crippen LogP contribution < -0.4 is 0 Å². The van der Waals surface area contributed by atoms with Crippen molar-refractivity contribution in [2.75, 3.05) is 13.1 Å². The Hall–Kier alpha value is -1.30. The first kappa shape index (κ1) is 15.1. The monoisotopic (exact) mass is 342 g/mol. The second kappa shape index (κ2) is 5.99. The van der Waals surface area contributed by atoms with E-state index in [2.05, 4.69) is 15.9 Å². The lowest BCUT2D eigenvalue weighted by atomic mass is 10.3. The van der Waals surface area contributed by atoms with E-state index in [0.29, 0.717) is 18.2 Å². The summed E-state index contributed by atoms with van der Waals surface area (Å²) in [5.41, 5.74) is 0.536. The second-order valence-corrected chi connectivity index (χ2v) is 6.48. The first-order chi connectivity index (χ1) is 9.38. The molecule has 110 valence electrons. The van der Waals surface area contributed by atoms with Crippen LogP contribution in [-0.4, -0.2) is 39.5 Å². The standard InChI is InChI=1S/C14H19BrN2O3/c1-9(2)17-7-11(15)5-12(17)14(20)16(8-13(18)19)6-10-3-4-10/h5,7,9-10H,3-4,6,8H2,1-2H3,(H,18,19). The molecule has 1 aromatic heterocycles. The number of rotatable bonds is 6. The lowest BCUT2D eigenvalue weighted by molar-refractivity contribution is -0.137. The van der Waals surface area contributed by atoms with Crippen LogP contribution in [0.1, 0.15) is 43.2 Å². The minimum absolute atomic E-state index is 0.146. The number of nitrogens with zero attached hydrogens (tertiary/aromatic N) is 2. The van der Waals surface area contributed by atoms with Crippen LogP contribution in [0.5, 0.6) is 0 Å². The number of amides is 1. The molecule has 1 heterocycles. The van der Waals surface area contributed by atoms with Crippen LogP contribution in [-0.2, 0) is 4.79 Å². The minimum atomic E-state index is -0.972. The van der Waals surface area contributed by atoms with Gasteiger partial charge in [-0.05, 0) is 54.6 Å². The highest BCUT2D eigenvalue weighted by molar-refractivity contribution is 9.10. The summed E-state index contributed by atoms with van der Waals surface area (Å²) in [6.45, 7) is 4.28. The van der Waals surface area contributed by atoms with Gasteiger partial charge in [0.15, 0.2) is 0 Å². The molecule has 1 saturated carbocycles. The van der Waals surface area contributed by atoms with Crippen molar-refractivity contribution in [3.8, 4) is 0 Å². The molecule has 0 atom stereocenters. The first-order valence-electron chi connectivity index (χ1n) is 6.77. The number of hydrogen-bond acceptors (Lipinski definition) is 2. The number of aliphatic carboxylic acids is 1. The van der Waals surface area contributed by atoms with Crippen molar-refractivity contribution in [1.82, 2.24) is 9.47 Å². The van der Waals surface area contributed by atoms with Crippen LogP contribution >= 0.6 is 15.9 Å². The van der Waals surface area contributed by atoms with E-state index in [9.17, 15) is 9.59 Å². The molecule has 1 amide bonds. The van der Waals surface area contributed by atoms with Crippen LogP contribution in [0.3, 0.4) is 0 Å². The maximum Gasteiger partial charge on any atom is 0.323 e. The number of carboxylic acid groups (broad SMARTS) is 1. The number of carbonyl (C=O) groups is 2. The zero-order chi connectivity index (χ0) is 14.9. The lowest BCUT2D eigenvalue weighted by Gasteiger charge is -2.22. The molecule has 20 heavy (non-hydrogen) atoms. The van der Waals surface area contributed by atoms with E-state index in [0.717, 1.165) is 17.3 Å². The van der Waals surface area contributed by atoms with Gasteiger partial charge in [0.05, 0.1) is 0 Å². The van der Waals surface area contributed by atoms with Gasteiger partial charge < -0.3 is 14.6 Å². The Balaban J connectivity index is 2.23. The van der Waals surface area contributed by atoms with E-state index < -0.39 is 5.97 Å². The number of halogens is 1. The topological polar surface area (TPSA) is 62.5 Å². The maximum absolute atomic E-state index is 12.6. The molecule has 1 aromatic rings. The molecule has 0 bridgehead atoms. The summed E-state index contributed by atoms with van der Waals surface area (Å²) in [4.78, 5) is 25.0. The van der Waals surface area contributed by atoms with Gasteiger partial charge in [-0.1, -0.05) is 0 Å². The molecular formula is C14H19BrN2O3. The SMILES string of the molecule is CC(C)n1cc(Br)cc1C(=O)N(CC(=O)O)CC1CC1. The minimum Gasteiger partial charge on any atom is -0.480 e. The summed E-state index contributed by atoms with van der Waals surface area (Å²) >= 11 is 3.37. The molecule has 0 radical (unpaired) electrons. The largest absolute Gasteiger partial charge is 0.480 e. The van der Waals surface area contributed by atoms with Crippen molar-refractivity contribution in [3.05, 3.63) is 22.4 Å². The average Bonchev–Trinajstić information content (AvgIpc) is 3.07. The van der Waals surface area contributed by atoms with Crippen molar-refractivity contribution in [3.63, 3.8) is 0 Å². The highest BCUT2D eigenvalue weighted by Crippen LogP contribution is 2.30. The Labute approximate surface area is 126 Å². The molecule has 0 spiro atoms. The van der Waals surface area contributed by atoms with E-state index in [4.69, 9.17) is 5.11 Å². The molecule has 1 aliphatic rings. The Bertz CT molecular complexity index is 520. The second-order valence-electron chi connectivity index (χ2n) is 5.57. The average molecular weight is 343 g/mol. The third-order valence-corrected chi connectivity index (χ3v) is 3.81. The van der Waals surface area contributed by atoms with Crippen molar-refractivity contribution in [2.45, 2.75) is 32.7 Å². The zero-order valence-corrected chi connectivity index (χ0v) is 13.3. The van der Waals surface area contributed by atoms with Crippen LogP contribution in [0.4, 0.5) is 0 Å². The molecule has 0 aliphatic heterocycles. The third-order valence-electron chi connectivity index (χ3n) is 3.38. The van der Waals surface area contributed by atoms with Gasteiger partial charge in [-0.2, -0.15) is 0 Å². The molecule has 1 fully saturated rings. The Morgan fingerprint density at radius 2 is 2.15 bits per heavy atom. The summed E-state index contributed by atoms with van der Waals surface area (Å²) in [5.74, 6) is -0.719. The van der Waals surface area contributed by atoms with Crippen LogP contribution in [0, 0.1) is 5.92 Å². The molecule has 0 aromatic carbocycles. The summed E-state index contributed by atoms with van der Waals surface area (Å²) in [5, 5.41) is 8.99. The van der Waals surface area contributed by atoms with Gasteiger partial charge in [0.2, 0.25) is 0 Å². The highest BCUT2D eigenvalue weighted by Gasteiger charge is 2.30. The predicted octanol–water partition coefficient (Wildman–Crippen LogP) is 2.77. The van der Waals surface area contributed by atoms with Gasteiger partial charge >= 0.3 is 5.97 Å². The fraction of sp³-hybridized carbons (Fsp3) is 0.571. The Kier molecular flexibility index (Phi) is 4.52. The third kappa shape index (κ3) is 3.62. The summed E-state index contributed by atoms with van der Waals surface area (Å²) in [7, 11) is 0. The van der Waals surface area contributed by atoms with Crippen molar-refractivity contribution in [1.29, 1.82) is 0 Å². The maximum atomic E-state index is 12.6. The molecule has 2 rings (SSSR count). The lowest BCUT2D eigenvalue weighted by Crippen LogP contribution is -2.38. The highest BCUT2D eigenvalue weighted by atomic mass is 79.9. The van der Waals surface area contributed by atoms with E-state index in [1.54, 1.807) is 6.07 Å². The van der Waals surface area contributed by atoms with Gasteiger partial charge in [-0.3, -0.25) is 9.59 Å². The quantitative estimate of drug-likeness (QED) is 0.864. The number of carbonyl (C=O) groups excluding carboxylic acids is 1. The van der Waals surface area contributed by atoms with E-state index in [-0.39, 0.29) is 18.5 Å². The summed E-state index contributed by atoms with van der Waals surface area (Å²) < 4.78 is 2.70. The van der Waals surface area contributed by atoms with Gasteiger partial charge in [0.1, 0.15) is 12.2 Å². The van der Waals surface area contributed by atoms with Crippen LogP contribution in [0.15, 0.2) is 16.7 Å². The van der Waals surface area contributed by atoms with Gasteiger partial charge in [-0.25, -0.2) is 0 Å². The molecule has 5 nitrogen and oxygen atoms in total.